The number of H-pyrrole nitrogens is 1. The van der Waals surface area contributed by atoms with Gasteiger partial charge in [-0.15, -0.1) is 0 Å². The van der Waals surface area contributed by atoms with Crippen molar-refractivity contribution in [3.05, 3.63) is 89.6 Å². The van der Waals surface area contributed by atoms with Crippen molar-refractivity contribution in [1.82, 2.24) is 4.98 Å². The lowest BCUT2D eigenvalue weighted by Gasteiger charge is -2.14. The summed E-state index contributed by atoms with van der Waals surface area (Å²) in [6.07, 6.45) is -0.691. The Morgan fingerprint density at radius 3 is 2.17 bits per heavy atom. The standard InChI is InChI=1S/C24H18N2O4/c27-23(28)22-21(18-11-5-6-12-20(18)25-22)26-24(29)30-13-19-16-9-3-1-7-14(16)15-8-2-4-10-17(15)19/h1-12,19,25H,13H2,(H,26,29)(H,27,28). The van der Waals surface area contributed by atoms with Gasteiger partial charge >= 0.3 is 12.1 Å². The van der Waals surface area contributed by atoms with E-state index in [9.17, 15) is 14.7 Å². The van der Waals surface area contributed by atoms with Gasteiger partial charge < -0.3 is 14.8 Å². The first-order chi connectivity index (χ1) is 14.6. The van der Waals surface area contributed by atoms with Gasteiger partial charge in [-0.05, 0) is 28.3 Å². The van der Waals surface area contributed by atoms with Crippen LogP contribution in [0.3, 0.4) is 0 Å². The van der Waals surface area contributed by atoms with Crippen LogP contribution in [-0.4, -0.2) is 28.8 Å². The van der Waals surface area contributed by atoms with Crippen LogP contribution in [-0.2, 0) is 4.74 Å². The van der Waals surface area contributed by atoms with Crippen LogP contribution < -0.4 is 5.32 Å². The highest BCUT2D eigenvalue weighted by Gasteiger charge is 2.29. The largest absolute Gasteiger partial charge is 0.477 e. The summed E-state index contributed by atoms with van der Waals surface area (Å²) in [5.74, 6) is -1.22. The first-order valence-corrected chi connectivity index (χ1v) is 9.59. The van der Waals surface area contributed by atoms with Crippen molar-refractivity contribution in [1.29, 1.82) is 0 Å². The number of fused-ring (bicyclic) bond motifs is 4. The van der Waals surface area contributed by atoms with Crippen LogP contribution in [0.4, 0.5) is 10.5 Å². The number of aromatic nitrogens is 1. The molecule has 6 heteroatoms. The fourth-order valence-corrected chi connectivity index (χ4v) is 4.17. The Labute approximate surface area is 172 Å². The van der Waals surface area contributed by atoms with E-state index in [-0.39, 0.29) is 23.9 Å². The molecule has 6 nitrogen and oxygen atoms in total. The summed E-state index contributed by atoms with van der Waals surface area (Å²) in [6, 6.07) is 23.2. The Kier molecular flexibility index (Phi) is 4.25. The van der Waals surface area contributed by atoms with Crippen molar-refractivity contribution in [3.8, 4) is 11.1 Å². The Hall–Kier alpha value is -4.06. The molecule has 1 amide bonds. The highest BCUT2D eigenvalue weighted by molar-refractivity contribution is 6.09. The Balaban J connectivity index is 1.39. The van der Waals surface area contributed by atoms with E-state index in [1.165, 1.54) is 0 Å². The topological polar surface area (TPSA) is 91.4 Å². The molecule has 0 atom stereocenters. The maximum atomic E-state index is 12.6. The average Bonchev–Trinajstić information content (AvgIpc) is 3.29. The van der Waals surface area contributed by atoms with E-state index in [1.54, 1.807) is 24.3 Å². The highest BCUT2D eigenvalue weighted by atomic mass is 16.5. The zero-order valence-corrected chi connectivity index (χ0v) is 15.9. The molecular formula is C24H18N2O4. The van der Waals surface area contributed by atoms with Gasteiger partial charge in [-0.3, -0.25) is 5.32 Å². The molecule has 0 fully saturated rings. The van der Waals surface area contributed by atoms with Crippen molar-refractivity contribution < 1.29 is 19.4 Å². The first kappa shape index (κ1) is 18.0. The Morgan fingerprint density at radius 2 is 1.50 bits per heavy atom. The summed E-state index contributed by atoms with van der Waals surface area (Å²) in [7, 11) is 0. The Morgan fingerprint density at radius 1 is 0.900 bits per heavy atom. The molecule has 0 aliphatic heterocycles. The van der Waals surface area contributed by atoms with E-state index >= 15 is 0 Å². The summed E-state index contributed by atoms with van der Waals surface area (Å²) < 4.78 is 5.54. The molecule has 1 aliphatic carbocycles. The van der Waals surface area contributed by atoms with Crippen LogP contribution in [0.1, 0.15) is 27.5 Å². The lowest BCUT2D eigenvalue weighted by atomic mass is 9.98. The normalized spacial score (nSPS) is 12.4. The molecule has 0 unspecified atom stereocenters. The predicted molar refractivity (Wildman–Crippen MR) is 114 cm³/mol. The minimum atomic E-state index is -1.15. The molecule has 4 aromatic rings. The van der Waals surface area contributed by atoms with Gasteiger partial charge in [0.05, 0.1) is 5.69 Å². The summed E-state index contributed by atoms with van der Waals surface area (Å²) in [4.78, 5) is 27.0. The van der Waals surface area contributed by atoms with Gasteiger partial charge in [-0.25, -0.2) is 9.59 Å². The number of carboxylic acids is 1. The van der Waals surface area contributed by atoms with Gasteiger partial charge in [0.25, 0.3) is 0 Å². The van der Waals surface area contributed by atoms with Gasteiger partial charge in [-0.1, -0.05) is 66.7 Å². The van der Waals surface area contributed by atoms with E-state index in [2.05, 4.69) is 22.4 Å². The van der Waals surface area contributed by atoms with Crippen LogP contribution in [0.25, 0.3) is 22.0 Å². The highest BCUT2D eigenvalue weighted by Crippen LogP contribution is 2.44. The van der Waals surface area contributed by atoms with Crippen molar-refractivity contribution in [3.63, 3.8) is 0 Å². The number of rotatable bonds is 4. The van der Waals surface area contributed by atoms with Crippen LogP contribution >= 0.6 is 0 Å². The monoisotopic (exact) mass is 398 g/mol. The molecule has 1 heterocycles. The average molecular weight is 398 g/mol. The third-order valence-electron chi connectivity index (χ3n) is 5.49. The summed E-state index contributed by atoms with van der Waals surface area (Å²) >= 11 is 0. The van der Waals surface area contributed by atoms with Crippen molar-refractivity contribution in [2.75, 3.05) is 11.9 Å². The molecule has 1 aromatic heterocycles. The van der Waals surface area contributed by atoms with Crippen molar-refractivity contribution in [2.45, 2.75) is 5.92 Å². The zero-order valence-electron chi connectivity index (χ0n) is 15.9. The predicted octanol–water partition coefficient (Wildman–Crippen LogP) is 5.23. The summed E-state index contributed by atoms with van der Waals surface area (Å²) in [5.41, 5.74) is 5.28. The number of amides is 1. The Bertz CT molecular complexity index is 1250. The van der Waals surface area contributed by atoms with Crippen LogP contribution in [0.2, 0.25) is 0 Å². The van der Waals surface area contributed by atoms with Crippen molar-refractivity contribution in [2.24, 2.45) is 0 Å². The van der Waals surface area contributed by atoms with E-state index in [4.69, 9.17) is 4.74 Å². The lowest BCUT2D eigenvalue weighted by Crippen LogP contribution is -2.19. The number of nitrogens with one attached hydrogen (secondary N) is 2. The smallest absolute Gasteiger partial charge is 0.411 e. The van der Waals surface area contributed by atoms with Gasteiger partial charge in [0.1, 0.15) is 12.3 Å². The van der Waals surface area contributed by atoms with E-state index in [0.717, 1.165) is 22.3 Å². The second-order valence-electron chi connectivity index (χ2n) is 7.18. The third-order valence-corrected chi connectivity index (χ3v) is 5.49. The number of aromatic amines is 1. The molecule has 148 valence electrons. The number of carboxylic acid groups (broad SMARTS) is 1. The number of para-hydroxylation sites is 1. The number of hydrogen-bond donors (Lipinski definition) is 3. The molecule has 30 heavy (non-hydrogen) atoms. The third kappa shape index (κ3) is 2.90. The van der Waals surface area contributed by atoms with Crippen LogP contribution in [0.15, 0.2) is 72.8 Å². The second-order valence-corrected chi connectivity index (χ2v) is 7.18. The number of hydrogen-bond acceptors (Lipinski definition) is 3. The SMILES string of the molecule is O=C(Nc1c(C(=O)O)[nH]c2ccccc12)OCC1c2ccccc2-c2ccccc21. The number of aromatic carboxylic acids is 1. The van der Waals surface area contributed by atoms with Gasteiger partial charge in [-0.2, -0.15) is 0 Å². The van der Waals surface area contributed by atoms with Crippen LogP contribution in [0, 0.1) is 0 Å². The first-order valence-electron chi connectivity index (χ1n) is 9.59. The second kappa shape index (κ2) is 7.08. The molecule has 1 aliphatic rings. The van der Waals surface area contributed by atoms with Gasteiger partial charge in [0.2, 0.25) is 0 Å². The molecule has 5 rings (SSSR count). The van der Waals surface area contributed by atoms with E-state index < -0.39 is 12.1 Å². The van der Waals surface area contributed by atoms with Crippen molar-refractivity contribution >= 4 is 28.7 Å². The van der Waals surface area contributed by atoms with Crippen LogP contribution in [0.5, 0.6) is 0 Å². The lowest BCUT2D eigenvalue weighted by molar-refractivity contribution is 0.0692. The zero-order chi connectivity index (χ0) is 20.7. The number of anilines is 1. The number of ether oxygens (including phenoxy) is 1. The number of carbonyl (C=O) groups is 2. The molecule has 0 spiro atoms. The van der Waals surface area contributed by atoms with E-state index in [0.29, 0.717) is 10.9 Å². The van der Waals surface area contributed by atoms with E-state index in [1.807, 2.05) is 36.4 Å². The molecular weight excluding hydrogens is 380 g/mol. The number of benzene rings is 3. The fourth-order valence-electron chi connectivity index (χ4n) is 4.17. The fraction of sp³-hybridized carbons (Fsp3) is 0.0833. The quantitative estimate of drug-likeness (QED) is 0.439. The summed E-state index contributed by atoms with van der Waals surface area (Å²) in [5, 5.41) is 12.7. The van der Waals surface area contributed by atoms with Gasteiger partial charge in [0.15, 0.2) is 0 Å². The molecule has 3 N–H and O–H groups in total. The minimum Gasteiger partial charge on any atom is -0.477 e. The molecule has 0 radical (unpaired) electrons. The maximum Gasteiger partial charge on any atom is 0.411 e. The molecule has 0 bridgehead atoms. The molecule has 3 aromatic carbocycles. The number of carbonyl (C=O) groups excluding carboxylic acids is 1. The molecule has 0 saturated carbocycles. The van der Waals surface area contributed by atoms with Gasteiger partial charge in [0, 0.05) is 16.8 Å². The summed E-state index contributed by atoms with van der Waals surface area (Å²) in [6.45, 7) is 0.157. The maximum absolute atomic E-state index is 12.6. The minimum absolute atomic E-state index is 0.0648. The molecule has 0 saturated heterocycles.